The molecule has 0 aliphatic carbocycles. The van der Waals surface area contributed by atoms with Crippen molar-refractivity contribution in [3.05, 3.63) is 58.5 Å². The van der Waals surface area contributed by atoms with Gasteiger partial charge in [0.05, 0.1) is 18.1 Å². The monoisotopic (exact) mass is 394 g/mol. The van der Waals surface area contributed by atoms with E-state index in [1.54, 1.807) is 0 Å². The van der Waals surface area contributed by atoms with Crippen LogP contribution in [0.25, 0.3) is 0 Å². The van der Waals surface area contributed by atoms with Gasteiger partial charge in [-0.25, -0.2) is 8.42 Å². The first-order valence-electron chi connectivity index (χ1n) is 8.88. The smallest absolute Gasteiger partial charge is 0.153 e. The Morgan fingerprint density at radius 3 is 2.31 bits per heavy atom. The van der Waals surface area contributed by atoms with E-state index in [1.807, 2.05) is 43.3 Å². The molecule has 0 amide bonds. The number of furan rings is 1. The predicted molar refractivity (Wildman–Crippen MR) is 102 cm³/mol. The fraction of sp³-hybridized carbons (Fsp3) is 0.474. The first kappa shape index (κ1) is 18.0. The van der Waals surface area contributed by atoms with E-state index >= 15 is 0 Å². The molecule has 0 bridgehead atoms. The molecule has 1 aromatic heterocycles. The van der Waals surface area contributed by atoms with Gasteiger partial charge in [0.15, 0.2) is 9.84 Å². The molecule has 4 rings (SSSR count). The zero-order valence-electron chi connectivity index (χ0n) is 14.8. The Kier molecular flexibility index (Phi) is 4.86. The second kappa shape index (κ2) is 7.00. The maximum absolute atomic E-state index is 12.4. The number of aryl methyl sites for hydroxylation is 1. The summed E-state index contributed by atoms with van der Waals surface area (Å²) in [5.74, 6) is 2.21. The zero-order chi connectivity index (χ0) is 18.3. The molecule has 0 N–H and O–H groups in total. The Balaban J connectivity index is 1.54. The SMILES string of the molecule is Cc1ccc(CN2CCN(Cc3ccccc3Cl)[C@H]3CS(=O)(=O)C[C@H]32)o1. The average Bonchev–Trinajstić information content (AvgIpc) is 3.14. The third-order valence-corrected chi connectivity index (χ3v) is 7.46. The van der Waals surface area contributed by atoms with Gasteiger partial charge in [0.2, 0.25) is 0 Å². The summed E-state index contributed by atoms with van der Waals surface area (Å²) in [7, 11) is -3.03. The number of sulfone groups is 1. The van der Waals surface area contributed by atoms with Crippen LogP contribution in [0.3, 0.4) is 0 Å². The van der Waals surface area contributed by atoms with Gasteiger partial charge in [0, 0.05) is 36.7 Å². The minimum atomic E-state index is -3.03. The van der Waals surface area contributed by atoms with E-state index in [4.69, 9.17) is 16.0 Å². The first-order valence-corrected chi connectivity index (χ1v) is 11.1. The largest absolute Gasteiger partial charge is 0.465 e. The van der Waals surface area contributed by atoms with Gasteiger partial charge in [0.25, 0.3) is 0 Å². The number of halogens is 1. The van der Waals surface area contributed by atoms with E-state index in [0.717, 1.165) is 35.2 Å². The molecule has 0 radical (unpaired) electrons. The Morgan fingerprint density at radius 1 is 1.04 bits per heavy atom. The maximum atomic E-state index is 12.4. The molecule has 2 fully saturated rings. The predicted octanol–water partition coefficient (Wildman–Crippen LogP) is 2.72. The van der Waals surface area contributed by atoms with Crippen LogP contribution in [-0.2, 0) is 22.9 Å². The quantitative estimate of drug-likeness (QED) is 0.798. The molecule has 26 heavy (non-hydrogen) atoms. The first-order chi connectivity index (χ1) is 12.4. The molecule has 1 aromatic carbocycles. The fourth-order valence-corrected chi connectivity index (χ4v) is 6.34. The summed E-state index contributed by atoms with van der Waals surface area (Å²) in [5, 5.41) is 0.735. The van der Waals surface area contributed by atoms with Crippen LogP contribution in [0.5, 0.6) is 0 Å². The number of nitrogens with zero attached hydrogens (tertiary/aromatic N) is 2. The van der Waals surface area contributed by atoms with Crippen LogP contribution in [-0.4, -0.2) is 54.9 Å². The molecule has 2 atom stereocenters. The lowest BCUT2D eigenvalue weighted by molar-refractivity contribution is 0.0316. The molecule has 0 unspecified atom stereocenters. The van der Waals surface area contributed by atoms with Crippen LogP contribution in [0.4, 0.5) is 0 Å². The van der Waals surface area contributed by atoms with Crippen molar-refractivity contribution in [3.63, 3.8) is 0 Å². The number of hydrogen-bond donors (Lipinski definition) is 0. The highest BCUT2D eigenvalue weighted by Gasteiger charge is 2.46. The summed E-state index contributed by atoms with van der Waals surface area (Å²) < 4.78 is 30.4. The molecule has 5 nitrogen and oxygen atoms in total. The number of benzene rings is 1. The highest BCUT2D eigenvalue weighted by molar-refractivity contribution is 7.91. The molecule has 0 saturated carbocycles. The van der Waals surface area contributed by atoms with Crippen LogP contribution in [0.1, 0.15) is 17.1 Å². The third-order valence-electron chi connectivity index (χ3n) is 5.39. The molecule has 0 spiro atoms. The number of rotatable bonds is 4. The van der Waals surface area contributed by atoms with Crippen LogP contribution in [0.15, 0.2) is 40.8 Å². The van der Waals surface area contributed by atoms with E-state index in [9.17, 15) is 8.42 Å². The van der Waals surface area contributed by atoms with Gasteiger partial charge < -0.3 is 4.42 Å². The van der Waals surface area contributed by atoms with E-state index < -0.39 is 9.84 Å². The standard InChI is InChI=1S/C19H23ClN2O3S/c1-14-6-7-16(25-14)11-22-9-8-21(10-15-4-2-3-5-17(15)20)18-12-26(23,24)13-19(18)22/h2-7,18-19H,8-13H2,1H3/t18-,19+/m0/s1. The lowest BCUT2D eigenvalue weighted by Crippen LogP contribution is -2.58. The highest BCUT2D eigenvalue weighted by atomic mass is 35.5. The zero-order valence-corrected chi connectivity index (χ0v) is 16.3. The van der Waals surface area contributed by atoms with Crippen molar-refractivity contribution < 1.29 is 12.8 Å². The minimum absolute atomic E-state index is 0.00100. The van der Waals surface area contributed by atoms with Crippen LogP contribution in [0.2, 0.25) is 5.02 Å². The minimum Gasteiger partial charge on any atom is -0.465 e. The van der Waals surface area contributed by atoms with Gasteiger partial charge in [-0.2, -0.15) is 0 Å². The number of fused-ring (bicyclic) bond motifs is 1. The van der Waals surface area contributed by atoms with Crippen molar-refractivity contribution in [2.75, 3.05) is 24.6 Å². The second-order valence-electron chi connectivity index (χ2n) is 7.26. The number of piperazine rings is 1. The van der Waals surface area contributed by atoms with Gasteiger partial charge in [-0.1, -0.05) is 29.8 Å². The maximum Gasteiger partial charge on any atom is 0.153 e. The van der Waals surface area contributed by atoms with Crippen molar-refractivity contribution in [1.29, 1.82) is 0 Å². The number of hydrogen-bond acceptors (Lipinski definition) is 5. The molecule has 2 aliphatic heterocycles. The van der Waals surface area contributed by atoms with Gasteiger partial charge >= 0.3 is 0 Å². The van der Waals surface area contributed by atoms with E-state index in [2.05, 4.69) is 9.80 Å². The molecule has 2 aliphatic rings. The van der Waals surface area contributed by atoms with Crippen LogP contribution < -0.4 is 0 Å². The second-order valence-corrected chi connectivity index (χ2v) is 9.82. The van der Waals surface area contributed by atoms with E-state index in [1.165, 1.54) is 0 Å². The molecular weight excluding hydrogens is 372 g/mol. The Labute approximate surface area is 159 Å². The molecule has 7 heteroatoms. The van der Waals surface area contributed by atoms with Gasteiger partial charge in [-0.3, -0.25) is 9.80 Å². The Morgan fingerprint density at radius 2 is 1.69 bits per heavy atom. The topological polar surface area (TPSA) is 53.8 Å². The van der Waals surface area contributed by atoms with Crippen molar-refractivity contribution in [1.82, 2.24) is 9.80 Å². The lowest BCUT2D eigenvalue weighted by Gasteiger charge is -2.43. The summed E-state index contributed by atoms with van der Waals surface area (Å²) in [6.45, 7) is 4.91. The summed E-state index contributed by atoms with van der Waals surface area (Å²) >= 11 is 6.31. The molecule has 140 valence electrons. The van der Waals surface area contributed by atoms with Gasteiger partial charge in [-0.15, -0.1) is 0 Å². The van der Waals surface area contributed by atoms with Gasteiger partial charge in [0.1, 0.15) is 11.5 Å². The third kappa shape index (κ3) is 3.69. The molecule has 2 aromatic rings. The Hall–Kier alpha value is -1.34. The van der Waals surface area contributed by atoms with Crippen LogP contribution >= 0.6 is 11.6 Å². The summed E-state index contributed by atoms with van der Waals surface area (Å²) in [5.41, 5.74) is 1.05. The van der Waals surface area contributed by atoms with E-state index in [0.29, 0.717) is 13.1 Å². The summed E-state index contributed by atoms with van der Waals surface area (Å²) in [6, 6.07) is 11.7. The summed E-state index contributed by atoms with van der Waals surface area (Å²) in [4.78, 5) is 4.54. The molecular formula is C19H23ClN2O3S. The highest BCUT2D eigenvalue weighted by Crippen LogP contribution is 2.30. The Bertz CT molecular complexity index is 896. The van der Waals surface area contributed by atoms with E-state index in [-0.39, 0.29) is 23.6 Å². The van der Waals surface area contributed by atoms with Crippen molar-refractivity contribution in [2.24, 2.45) is 0 Å². The van der Waals surface area contributed by atoms with Crippen molar-refractivity contribution in [2.45, 2.75) is 32.1 Å². The van der Waals surface area contributed by atoms with Crippen molar-refractivity contribution in [3.8, 4) is 0 Å². The molecule has 3 heterocycles. The van der Waals surface area contributed by atoms with Crippen LogP contribution in [0, 0.1) is 6.92 Å². The molecule has 2 saturated heterocycles. The fourth-order valence-electron chi connectivity index (χ4n) is 4.10. The van der Waals surface area contributed by atoms with Gasteiger partial charge in [-0.05, 0) is 30.7 Å². The lowest BCUT2D eigenvalue weighted by atomic mass is 10.0. The summed E-state index contributed by atoms with van der Waals surface area (Å²) in [6.07, 6.45) is 0. The average molecular weight is 395 g/mol. The van der Waals surface area contributed by atoms with Crippen molar-refractivity contribution >= 4 is 21.4 Å². The normalized spacial score (nSPS) is 26.1.